The summed E-state index contributed by atoms with van der Waals surface area (Å²) in [5.74, 6) is 0.920. The summed E-state index contributed by atoms with van der Waals surface area (Å²) in [5, 5.41) is 8.88. The Morgan fingerprint density at radius 1 is 1.33 bits per heavy atom. The molecule has 0 radical (unpaired) electrons. The van der Waals surface area contributed by atoms with E-state index in [1.165, 1.54) is 10.5 Å². The molecule has 0 spiro atoms. The quantitative estimate of drug-likeness (QED) is 0.876. The van der Waals surface area contributed by atoms with Crippen LogP contribution in [0.15, 0.2) is 18.2 Å². The molecule has 1 amide bonds. The number of likely N-dealkylation sites (tertiary alicyclic amines) is 1. The fourth-order valence-corrected chi connectivity index (χ4v) is 2.20. The summed E-state index contributed by atoms with van der Waals surface area (Å²) >= 11 is 0. The maximum Gasteiger partial charge on any atom is 0.407 e. The summed E-state index contributed by atoms with van der Waals surface area (Å²) in [5.41, 5.74) is 2.38. The molecule has 0 atom stereocenters. The van der Waals surface area contributed by atoms with Gasteiger partial charge in [0.2, 0.25) is 0 Å². The van der Waals surface area contributed by atoms with E-state index in [-0.39, 0.29) is 6.10 Å². The van der Waals surface area contributed by atoms with E-state index in [0.29, 0.717) is 13.1 Å². The van der Waals surface area contributed by atoms with Crippen LogP contribution in [-0.4, -0.2) is 35.3 Å². The van der Waals surface area contributed by atoms with Gasteiger partial charge in [-0.2, -0.15) is 0 Å². The van der Waals surface area contributed by atoms with Gasteiger partial charge in [-0.05, 0) is 31.0 Å². The van der Waals surface area contributed by atoms with E-state index in [0.717, 1.165) is 24.2 Å². The maximum atomic E-state index is 10.8. The van der Waals surface area contributed by atoms with Crippen molar-refractivity contribution >= 4 is 6.09 Å². The zero-order valence-corrected chi connectivity index (χ0v) is 10.8. The third-order valence-corrected chi connectivity index (χ3v) is 3.56. The topological polar surface area (TPSA) is 49.8 Å². The highest BCUT2D eigenvalue weighted by Crippen LogP contribution is 2.24. The van der Waals surface area contributed by atoms with Crippen molar-refractivity contribution < 1.29 is 14.6 Å². The SMILES string of the molecule is Cc1cccc(OC2CCN(C(=O)O)CC2)c1C. The molecule has 1 aromatic rings. The molecule has 0 aromatic heterocycles. The van der Waals surface area contributed by atoms with Crippen molar-refractivity contribution in [3.63, 3.8) is 0 Å². The number of hydrogen-bond donors (Lipinski definition) is 1. The Morgan fingerprint density at radius 3 is 2.61 bits per heavy atom. The molecule has 0 unspecified atom stereocenters. The Hall–Kier alpha value is -1.71. The van der Waals surface area contributed by atoms with E-state index in [1.54, 1.807) is 0 Å². The van der Waals surface area contributed by atoms with E-state index in [9.17, 15) is 4.79 Å². The third kappa shape index (κ3) is 2.75. The number of aryl methyl sites for hydroxylation is 1. The molecule has 1 heterocycles. The molecule has 0 bridgehead atoms. The highest BCUT2D eigenvalue weighted by Gasteiger charge is 2.23. The second-order valence-corrected chi connectivity index (χ2v) is 4.78. The van der Waals surface area contributed by atoms with E-state index in [1.807, 2.05) is 12.1 Å². The minimum atomic E-state index is -0.833. The monoisotopic (exact) mass is 249 g/mol. The molecule has 4 nitrogen and oxygen atoms in total. The van der Waals surface area contributed by atoms with Gasteiger partial charge in [0.25, 0.3) is 0 Å². The standard InChI is InChI=1S/C14H19NO3/c1-10-4-3-5-13(11(10)2)18-12-6-8-15(9-7-12)14(16)17/h3-5,12H,6-9H2,1-2H3,(H,16,17). The van der Waals surface area contributed by atoms with Gasteiger partial charge in [0, 0.05) is 25.9 Å². The van der Waals surface area contributed by atoms with Gasteiger partial charge in [-0.15, -0.1) is 0 Å². The average molecular weight is 249 g/mol. The number of hydrogen-bond acceptors (Lipinski definition) is 2. The van der Waals surface area contributed by atoms with E-state index in [4.69, 9.17) is 9.84 Å². The summed E-state index contributed by atoms with van der Waals surface area (Å²) in [4.78, 5) is 12.3. The fraction of sp³-hybridized carbons (Fsp3) is 0.500. The second kappa shape index (κ2) is 5.29. The van der Waals surface area contributed by atoms with Crippen molar-refractivity contribution in [2.24, 2.45) is 0 Å². The third-order valence-electron chi connectivity index (χ3n) is 3.56. The maximum absolute atomic E-state index is 10.8. The first-order chi connectivity index (χ1) is 8.58. The predicted molar refractivity (Wildman–Crippen MR) is 69.2 cm³/mol. The summed E-state index contributed by atoms with van der Waals surface area (Å²) in [6.07, 6.45) is 0.820. The van der Waals surface area contributed by atoms with Crippen molar-refractivity contribution in [1.29, 1.82) is 0 Å². The Kier molecular flexibility index (Phi) is 3.75. The highest BCUT2D eigenvalue weighted by molar-refractivity contribution is 5.65. The van der Waals surface area contributed by atoms with Gasteiger partial charge in [0.15, 0.2) is 0 Å². The average Bonchev–Trinajstić information content (AvgIpc) is 2.36. The Morgan fingerprint density at radius 2 is 2.00 bits per heavy atom. The minimum absolute atomic E-state index is 0.126. The van der Waals surface area contributed by atoms with E-state index >= 15 is 0 Å². The number of carbonyl (C=O) groups is 1. The Bertz CT molecular complexity index is 437. The van der Waals surface area contributed by atoms with Crippen molar-refractivity contribution in [1.82, 2.24) is 4.90 Å². The molecule has 98 valence electrons. The Labute approximate surface area is 107 Å². The number of carboxylic acid groups (broad SMARTS) is 1. The van der Waals surface area contributed by atoms with E-state index < -0.39 is 6.09 Å². The molecule has 1 N–H and O–H groups in total. The van der Waals surface area contributed by atoms with Crippen LogP contribution < -0.4 is 4.74 Å². The van der Waals surface area contributed by atoms with Crippen LogP contribution in [-0.2, 0) is 0 Å². The number of amides is 1. The largest absolute Gasteiger partial charge is 0.490 e. The van der Waals surface area contributed by atoms with Crippen molar-refractivity contribution in [3.05, 3.63) is 29.3 Å². The molecule has 0 aliphatic carbocycles. The molecule has 1 aliphatic heterocycles. The van der Waals surface area contributed by atoms with Gasteiger partial charge >= 0.3 is 6.09 Å². The lowest BCUT2D eigenvalue weighted by Gasteiger charge is -2.30. The molecule has 18 heavy (non-hydrogen) atoms. The summed E-state index contributed by atoms with van der Waals surface area (Å²) in [6.45, 7) is 5.24. The minimum Gasteiger partial charge on any atom is -0.490 e. The van der Waals surface area contributed by atoms with Crippen molar-refractivity contribution in [2.75, 3.05) is 13.1 Å². The van der Waals surface area contributed by atoms with Crippen molar-refractivity contribution in [2.45, 2.75) is 32.8 Å². The first-order valence-electron chi connectivity index (χ1n) is 6.28. The molecule has 1 fully saturated rings. The number of rotatable bonds is 2. The van der Waals surface area contributed by atoms with Gasteiger partial charge < -0.3 is 14.7 Å². The number of piperidine rings is 1. The molecular weight excluding hydrogens is 230 g/mol. The van der Waals surface area contributed by atoms with Crippen LogP contribution in [0.1, 0.15) is 24.0 Å². The van der Waals surface area contributed by atoms with Crippen LogP contribution in [0.5, 0.6) is 5.75 Å². The second-order valence-electron chi connectivity index (χ2n) is 4.78. The zero-order valence-electron chi connectivity index (χ0n) is 10.8. The first kappa shape index (κ1) is 12.7. The summed E-state index contributed by atoms with van der Waals surface area (Å²) in [7, 11) is 0. The van der Waals surface area contributed by atoms with Crippen LogP contribution in [0.2, 0.25) is 0 Å². The molecule has 1 aliphatic rings. The van der Waals surface area contributed by atoms with Crippen LogP contribution in [0.25, 0.3) is 0 Å². The van der Waals surface area contributed by atoms with Gasteiger partial charge in [0.05, 0.1) is 0 Å². The van der Waals surface area contributed by atoms with Gasteiger partial charge in [-0.3, -0.25) is 0 Å². The number of benzene rings is 1. The van der Waals surface area contributed by atoms with Crippen LogP contribution >= 0.6 is 0 Å². The zero-order chi connectivity index (χ0) is 13.1. The Balaban J connectivity index is 1.96. The lowest BCUT2D eigenvalue weighted by molar-refractivity contribution is 0.0891. The van der Waals surface area contributed by atoms with E-state index in [2.05, 4.69) is 19.9 Å². The van der Waals surface area contributed by atoms with Crippen LogP contribution in [0.3, 0.4) is 0 Å². The van der Waals surface area contributed by atoms with Crippen molar-refractivity contribution in [3.8, 4) is 5.75 Å². The molecular formula is C14H19NO3. The smallest absolute Gasteiger partial charge is 0.407 e. The van der Waals surface area contributed by atoms with Crippen LogP contribution in [0, 0.1) is 13.8 Å². The summed E-state index contributed by atoms with van der Waals surface area (Å²) < 4.78 is 5.98. The first-order valence-corrected chi connectivity index (χ1v) is 6.28. The molecule has 4 heteroatoms. The normalized spacial score (nSPS) is 16.7. The molecule has 1 saturated heterocycles. The highest BCUT2D eigenvalue weighted by atomic mass is 16.5. The number of nitrogens with zero attached hydrogens (tertiary/aromatic N) is 1. The fourth-order valence-electron chi connectivity index (χ4n) is 2.20. The van der Waals surface area contributed by atoms with Crippen LogP contribution in [0.4, 0.5) is 4.79 Å². The lowest BCUT2D eigenvalue weighted by Crippen LogP contribution is -2.41. The molecule has 2 rings (SSSR count). The number of ether oxygens (including phenoxy) is 1. The lowest BCUT2D eigenvalue weighted by atomic mass is 10.1. The molecule has 0 saturated carbocycles. The summed E-state index contributed by atoms with van der Waals surface area (Å²) in [6, 6.07) is 6.03. The van der Waals surface area contributed by atoms with Gasteiger partial charge in [-0.1, -0.05) is 12.1 Å². The predicted octanol–water partition coefficient (Wildman–Crippen LogP) is 2.82. The molecule has 1 aromatic carbocycles. The van der Waals surface area contributed by atoms with Gasteiger partial charge in [-0.25, -0.2) is 4.79 Å². The van der Waals surface area contributed by atoms with Gasteiger partial charge in [0.1, 0.15) is 11.9 Å².